The van der Waals surface area contributed by atoms with Crippen LogP contribution in [-0.2, 0) is 29.1 Å². The van der Waals surface area contributed by atoms with E-state index in [1.807, 2.05) is 7.05 Å². The van der Waals surface area contributed by atoms with Gasteiger partial charge in [-0.15, -0.1) is 24.0 Å². The molecule has 0 amide bonds. The minimum atomic E-state index is 0. The number of hydrogen-bond acceptors (Lipinski definition) is 5. The van der Waals surface area contributed by atoms with Crippen LogP contribution in [0, 0.1) is 0 Å². The summed E-state index contributed by atoms with van der Waals surface area (Å²) in [6.07, 6.45) is 0. The van der Waals surface area contributed by atoms with Gasteiger partial charge in [0.05, 0.1) is 26.4 Å². The maximum atomic E-state index is 5.51. The summed E-state index contributed by atoms with van der Waals surface area (Å²) in [4.78, 5) is 9.30. The number of rotatable bonds is 7. The molecule has 33 heavy (non-hydrogen) atoms. The monoisotopic (exact) mass is 565 g/mol. The van der Waals surface area contributed by atoms with Gasteiger partial charge in [-0.2, -0.15) is 0 Å². The van der Waals surface area contributed by atoms with E-state index >= 15 is 0 Å². The van der Waals surface area contributed by atoms with Crippen LogP contribution in [0.3, 0.4) is 0 Å². The van der Waals surface area contributed by atoms with Gasteiger partial charge >= 0.3 is 0 Å². The van der Waals surface area contributed by atoms with Crippen molar-refractivity contribution in [1.82, 2.24) is 15.5 Å². The van der Waals surface area contributed by atoms with Crippen LogP contribution in [0.2, 0.25) is 0 Å². The van der Waals surface area contributed by atoms with E-state index < -0.39 is 0 Å². The minimum Gasteiger partial charge on any atom is -0.379 e. The molecule has 4 rings (SSSR count). The highest BCUT2D eigenvalue weighted by molar-refractivity contribution is 14.0. The highest BCUT2D eigenvalue weighted by atomic mass is 127. The Morgan fingerprint density at radius 1 is 0.788 bits per heavy atom. The number of halogens is 1. The molecule has 0 aromatic heterocycles. The van der Waals surface area contributed by atoms with E-state index in [2.05, 4.69) is 74.0 Å². The summed E-state index contributed by atoms with van der Waals surface area (Å²) in [5, 5.41) is 6.99. The second-order valence-electron chi connectivity index (χ2n) is 8.16. The Labute approximate surface area is 214 Å². The van der Waals surface area contributed by atoms with Crippen molar-refractivity contribution < 1.29 is 9.47 Å². The van der Waals surface area contributed by atoms with E-state index in [0.717, 1.165) is 78.2 Å². The van der Waals surface area contributed by atoms with Gasteiger partial charge in [-0.05, 0) is 22.8 Å². The number of hydrogen-bond donors (Lipinski definition) is 2. The summed E-state index contributed by atoms with van der Waals surface area (Å²) in [6.45, 7) is 9.50. The van der Waals surface area contributed by atoms with Gasteiger partial charge in [0.1, 0.15) is 0 Å². The number of para-hydroxylation sites is 1. The maximum Gasteiger partial charge on any atom is 0.191 e. The predicted octanol–water partition coefficient (Wildman–Crippen LogP) is 2.84. The average molecular weight is 566 g/mol. The first-order chi connectivity index (χ1) is 15.8. The van der Waals surface area contributed by atoms with Gasteiger partial charge in [-0.1, -0.05) is 42.5 Å². The van der Waals surface area contributed by atoms with Crippen LogP contribution in [0.4, 0.5) is 5.69 Å². The first-order valence-corrected chi connectivity index (χ1v) is 11.6. The Bertz CT molecular complexity index is 883. The molecule has 2 saturated heterocycles. The largest absolute Gasteiger partial charge is 0.379 e. The van der Waals surface area contributed by atoms with Crippen molar-refractivity contribution in [2.45, 2.75) is 19.6 Å². The van der Waals surface area contributed by atoms with Gasteiger partial charge in [-0.25, -0.2) is 0 Å². The highest BCUT2D eigenvalue weighted by Gasteiger charge is 2.15. The number of morpholine rings is 2. The normalized spacial score (nSPS) is 17.4. The topological polar surface area (TPSA) is 61.4 Å². The van der Waals surface area contributed by atoms with E-state index in [1.165, 1.54) is 22.4 Å². The Balaban J connectivity index is 0.00000306. The number of nitrogens with one attached hydrogen (secondary N) is 2. The molecule has 0 aliphatic carbocycles. The molecule has 2 aromatic rings. The molecule has 2 heterocycles. The van der Waals surface area contributed by atoms with Crippen molar-refractivity contribution in [3.63, 3.8) is 0 Å². The second-order valence-corrected chi connectivity index (χ2v) is 8.16. The van der Waals surface area contributed by atoms with Crippen molar-refractivity contribution in [2.24, 2.45) is 4.99 Å². The molecule has 0 bridgehead atoms. The van der Waals surface area contributed by atoms with Crippen LogP contribution < -0.4 is 15.5 Å². The Morgan fingerprint density at radius 3 is 2.00 bits per heavy atom. The molecule has 0 unspecified atom stereocenters. The predicted molar refractivity (Wildman–Crippen MR) is 144 cm³/mol. The molecule has 0 atom stereocenters. The van der Waals surface area contributed by atoms with Crippen LogP contribution in [0.15, 0.2) is 53.5 Å². The molecular weight excluding hydrogens is 529 g/mol. The summed E-state index contributed by atoms with van der Waals surface area (Å²) >= 11 is 0. The Morgan fingerprint density at radius 2 is 1.33 bits per heavy atom. The zero-order chi connectivity index (χ0) is 22.0. The molecule has 0 radical (unpaired) electrons. The fourth-order valence-corrected chi connectivity index (χ4v) is 4.24. The van der Waals surface area contributed by atoms with Gasteiger partial charge in [-0.3, -0.25) is 9.89 Å². The van der Waals surface area contributed by atoms with E-state index in [9.17, 15) is 0 Å². The first kappa shape index (κ1) is 25.7. The summed E-state index contributed by atoms with van der Waals surface area (Å²) in [6, 6.07) is 17.2. The van der Waals surface area contributed by atoms with Crippen molar-refractivity contribution in [2.75, 3.05) is 64.6 Å². The van der Waals surface area contributed by atoms with Crippen molar-refractivity contribution in [3.8, 4) is 0 Å². The quantitative estimate of drug-likeness (QED) is 0.306. The van der Waals surface area contributed by atoms with E-state index in [-0.39, 0.29) is 24.0 Å². The summed E-state index contributed by atoms with van der Waals surface area (Å²) in [7, 11) is 1.82. The molecule has 2 N–H and O–H groups in total. The molecule has 2 aromatic carbocycles. The van der Waals surface area contributed by atoms with Crippen molar-refractivity contribution in [1.29, 1.82) is 0 Å². The third-order valence-electron chi connectivity index (χ3n) is 6.08. The summed E-state index contributed by atoms with van der Waals surface area (Å²) < 4.78 is 11.0. The van der Waals surface area contributed by atoms with Crippen LogP contribution in [0.25, 0.3) is 0 Å². The van der Waals surface area contributed by atoms with Gasteiger partial charge < -0.3 is 25.0 Å². The molecule has 7 nitrogen and oxygen atoms in total. The summed E-state index contributed by atoms with van der Waals surface area (Å²) in [5.74, 6) is 0.808. The number of guanidine groups is 1. The highest BCUT2D eigenvalue weighted by Crippen LogP contribution is 2.21. The van der Waals surface area contributed by atoms with Crippen LogP contribution in [0.1, 0.15) is 16.7 Å². The minimum absolute atomic E-state index is 0. The summed E-state index contributed by atoms with van der Waals surface area (Å²) in [5.41, 5.74) is 5.20. The fourth-order valence-electron chi connectivity index (χ4n) is 4.24. The smallest absolute Gasteiger partial charge is 0.191 e. The lowest BCUT2D eigenvalue weighted by Crippen LogP contribution is -2.39. The molecule has 2 fully saturated rings. The fraction of sp³-hybridized carbons (Fsp3) is 0.480. The van der Waals surface area contributed by atoms with E-state index in [4.69, 9.17) is 9.47 Å². The van der Waals surface area contributed by atoms with E-state index in [0.29, 0.717) is 0 Å². The zero-order valence-electron chi connectivity index (χ0n) is 19.5. The second kappa shape index (κ2) is 13.7. The van der Waals surface area contributed by atoms with Gasteiger partial charge in [0, 0.05) is 58.5 Å². The van der Waals surface area contributed by atoms with Crippen LogP contribution in [0.5, 0.6) is 0 Å². The molecule has 180 valence electrons. The SMILES string of the molecule is CN=C(NCc1ccccc1CN1CCOCC1)NCc1ccccc1N1CCOCC1.I. The lowest BCUT2D eigenvalue weighted by molar-refractivity contribution is 0.0341. The average Bonchev–Trinajstić information content (AvgIpc) is 2.86. The van der Waals surface area contributed by atoms with Gasteiger partial charge in [0.2, 0.25) is 0 Å². The Kier molecular flexibility index (Phi) is 10.7. The standard InChI is InChI=1S/C25H35N5O2.HI/c1-26-25(28-19-22-7-4-5-9-24(22)30-12-16-32-17-13-30)27-18-21-6-2-3-8-23(21)20-29-10-14-31-15-11-29;/h2-9H,10-20H2,1H3,(H2,26,27,28);1H. The third kappa shape index (κ3) is 7.56. The van der Waals surface area contributed by atoms with E-state index in [1.54, 1.807) is 0 Å². The molecular formula is C25H36IN5O2. The number of benzene rings is 2. The number of nitrogens with zero attached hydrogens (tertiary/aromatic N) is 3. The lowest BCUT2D eigenvalue weighted by Gasteiger charge is -2.30. The Hall–Kier alpha value is -1.88. The number of anilines is 1. The third-order valence-corrected chi connectivity index (χ3v) is 6.08. The first-order valence-electron chi connectivity index (χ1n) is 11.6. The molecule has 8 heteroatoms. The maximum absolute atomic E-state index is 5.51. The van der Waals surface area contributed by atoms with Crippen LogP contribution in [-0.4, -0.2) is 70.5 Å². The van der Waals surface area contributed by atoms with Crippen molar-refractivity contribution >= 4 is 35.6 Å². The van der Waals surface area contributed by atoms with Gasteiger partial charge in [0.25, 0.3) is 0 Å². The molecule has 2 aliphatic rings. The lowest BCUT2D eigenvalue weighted by atomic mass is 10.1. The molecule has 2 aliphatic heterocycles. The number of ether oxygens (including phenoxy) is 2. The van der Waals surface area contributed by atoms with Gasteiger partial charge in [0.15, 0.2) is 5.96 Å². The zero-order valence-corrected chi connectivity index (χ0v) is 21.8. The number of aliphatic imine (C=N–C) groups is 1. The van der Waals surface area contributed by atoms with Crippen LogP contribution >= 0.6 is 24.0 Å². The molecule has 0 saturated carbocycles. The molecule has 0 spiro atoms. The van der Waals surface area contributed by atoms with Crippen molar-refractivity contribution in [3.05, 3.63) is 65.2 Å².